The third-order valence-electron chi connectivity index (χ3n) is 2.99. The van der Waals surface area contributed by atoms with Gasteiger partial charge in [-0.3, -0.25) is 4.79 Å². The van der Waals surface area contributed by atoms with Crippen molar-refractivity contribution in [2.45, 2.75) is 6.54 Å². The van der Waals surface area contributed by atoms with E-state index in [0.717, 1.165) is 0 Å². The molecule has 112 valence electrons. The van der Waals surface area contributed by atoms with Gasteiger partial charge in [-0.1, -0.05) is 0 Å². The second kappa shape index (κ2) is 7.04. The molecule has 0 radical (unpaired) electrons. The van der Waals surface area contributed by atoms with Gasteiger partial charge in [0, 0.05) is 6.07 Å². The van der Waals surface area contributed by atoms with Gasteiger partial charge in [0.15, 0.2) is 0 Å². The second-order valence-corrected chi connectivity index (χ2v) is 4.50. The number of halogens is 1. The molecule has 6 heteroatoms. The Morgan fingerprint density at radius 2 is 2.10 bits per heavy atom. The number of methoxy groups -OCH3 is 2. The first-order valence-corrected chi connectivity index (χ1v) is 6.83. The first kappa shape index (κ1) is 15.3. The Bertz CT molecular complexity index is 598. The van der Waals surface area contributed by atoms with Crippen molar-refractivity contribution in [2.75, 3.05) is 25.0 Å². The average molecular weight is 310 g/mol. The number of alkyl halides is 1. The molecule has 0 unspecified atom stereocenters. The number of rotatable bonds is 6. The molecular formula is C15H16ClNO4. The van der Waals surface area contributed by atoms with Crippen LogP contribution in [-0.2, 0) is 11.3 Å². The molecule has 0 spiro atoms. The fourth-order valence-electron chi connectivity index (χ4n) is 1.95. The van der Waals surface area contributed by atoms with Gasteiger partial charge in [-0.05, 0) is 24.3 Å². The summed E-state index contributed by atoms with van der Waals surface area (Å²) in [6.07, 6.45) is 1.56. The lowest BCUT2D eigenvalue weighted by molar-refractivity contribution is -0.116. The van der Waals surface area contributed by atoms with Gasteiger partial charge < -0.3 is 18.8 Å². The summed E-state index contributed by atoms with van der Waals surface area (Å²) in [4.78, 5) is 13.7. The summed E-state index contributed by atoms with van der Waals surface area (Å²) >= 11 is 5.71. The van der Waals surface area contributed by atoms with Crippen molar-refractivity contribution in [3.8, 4) is 11.5 Å². The van der Waals surface area contributed by atoms with Gasteiger partial charge in [0.25, 0.3) is 0 Å². The van der Waals surface area contributed by atoms with Crippen LogP contribution in [0.4, 0.5) is 5.69 Å². The summed E-state index contributed by atoms with van der Waals surface area (Å²) in [6.45, 7) is 0.266. The van der Waals surface area contributed by atoms with E-state index >= 15 is 0 Å². The van der Waals surface area contributed by atoms with Gasteiger partial charge in [-0.2, -0.15) is 0 Å². The molecule has 1 aromatic heterocycles. The molecular weight excluding hydrogens is 294 g/mol. The molecule has 0 atom stereocenters. The smallest absolute Gasteiger partial charge is 0.242 e. The number of hydrogen-bond acceptors (Lipinski definition) is 4. The van der Waals surface area contributed by atoms with Gasteiger partial charge in [0.1, 0.15) is 23.1 Å². The molecule has 1 amide bonds. The number of ether oxygens (including phenoxy) is 2. The van der Waals surface area contributed by atoms with Crippen molar-refractivity contribution >= 4 is 23.2 Å². The van der Waals surface area contributed by atoms with Gasteiger partial charge in [-0.25, -0.2) is 0 Å². The molecule has 0 aliphatic carbocycles. The molecule has 2 aromatic rings. The Hall–Kier alpha value is -2.14. The number of furan rings is 1. The first-order valence-electron chi connectivity index (χ1n) is 6.30. The summed E-state index contributed by atoms with van der Waals surface area (Å²) in [5.41, 5.74) is 0.582. The van der Waals surface area contributed by atoms with Crippen LogP contribution in [0.25, 0.3) is 0 Å². The molecule has 0 saturated heterocycles. The highest BCUT2D eigenvalue weighted by Crippen LogP contribution is 2.33. The maximum atomic E-state index is 12.2. The highest BCUT2D eigenvalue weighted by Gasteiger charge is 2.21. The molecule has 0 saturated carbocycles. The van der Waals surface area contributed by atoms with Crippen molar-refractivity contribution in [3.63, 3.8) is 0 Å². The molecule has 1 heterocycles. The first-order chi connectivity index (χ1) is 10.2. The van der Waals surface area contributed by atoms with E-state index in [4.69, 9.17) is 25.5 Å². The number of nitrogens with zero attached hydrogens (tertiary/aromatic N) is 1. The van der Waals surface area contributed by atoms with Crippen LogP contribution in [0.5, 0.6) is 11.5 Å². The van der Waals surface area contributed by atoms with Crippen molar-refractivity contribution in [1.82, 2.24) is 0 Å². The van der Waals surface area contributed by atoms with Crippen LogP contribution in [0.1, 0.15) is 5.76 Å². The monoisotopic (exact) mass is 309 g/mol. The molecule has 5 nitrogen and oxygen atoms in total. The molecule has 21 heavy (non-hydrogen) atoms. The van der Waals surface area contributed by atoms with Crippen LogP contribution in [0.3, 0.4) is 0 Å². The normalized spacial score (nSPS) is 10.2. The average Bonchev–Trinajstić information content (AvgIpc) is 3.04. The van der Waals surface area contributed by atoms with Crippen molar-refractivity contribution in [3.05, 3.63) is 42.4 Å². The Balaban J connectivity index is 2.42. The highest BCUT2D eigenvalue weighted by molar-refractivity contribution is 6.29. The van der Waals surface area contributed by atoms with E-state index in [1.165, 1.54) is 4.90 Å². The molecule has 1 aromatic carbocycles. The zero-order chi connectivity index (χ0) is 15.2. The van der Waals surface area contributed by atoms with Gasteiger partial charge in [-0.15, -0.1) is 11.6 Å². The number of benzene rings is 1. The zero-order valence-corrected chi connectivity index (χ0v) is 12.6. The highest BCUT2D eigenvalue weighted by atomic mass is 35.5. The predicted molar refractivity (Wildman–Crippen MR) is 80.2 cm³/mol. The Labute approximate surface area is 128 Å². The Morgan fingerprint density at radius 3 is 2.67 bits per heavy atom. The van der Waals surface area contributed by atoms with E-state index in [1.807, 2.05) is 0 Å². The maximum absolute atomic E-state index is 12.2. The quantitative estimate of drug-likeness (QED) is 0.770. The minimum Gasteiger partial charge on any atom is -0.497 e. The van der Waals surface area contributed by atoms with E-state index in [0.29, 0.717) is 22.9 Å². The van der Waals surface area contributed by atoms with Crippen LogP contribution in [0.15, 0.2) is 41.0 Å². The van der Waals surface area contributed by atoms with Crippen molar-refractivity contribution in [1.29, 1.82) is 0 Å². The lowest BCUT2D eigenvalue weighted by Gasteiger charge is -2.23. The molecule has 0 N–H and O–H groups in total. The summed E-state index contributed by atoms with van der Waals surface area (Å²) in [5.74, 6) is 1.44. The number of anilines is 1. The van der Waals surface area contributed by atoms with Crippen LogP contribution in [0, 0.1) is 0 Å². The summed E-state index contributed by atoms with van der Waals surface area (Å²) in [5, 5.41) is 0. The van der Waals surface area contributed by atoms with E-state index in [-0.39, 0.29) is 18.3 Å². The van der Waals surface area contributed by atoms with Gasteiger partial charge >= 0.3 is 0 Å². The maximum Gasteiger partial charge on any atom is 0.242 e. The SMILES string of the molecule is COc1ccc(OC)c(N(Cc2ccco2)C(=O)CCl)c1. The Kier molecular flexibility index (Phi) is 5.11. The number of carbonyl (C=O) groups is 1. The lowest BCUT2D eigenvalue weighted by atomic mass is 10.2. The topological polar surface area (TPSA) is 51.9 Å². The molecule has 0 bridgehead atoms. The predicted octanol–water partition coefficient (Wildman–Crippen LogP) is 3.07. The largest absolute Gasteiger partial charge is 0.497 e. The van der Waals surface area contributed by atoms with Crippen LogP contribution < -0.4 is 14.4 Å². The zero-order valence-electron chi connectivity index (χ0n) is 11.8. The minimum absolute atomic E-state index is 0.138. The number of hydrogen-bond donors (Lipinski definition) is 0. The second-order valence-electron chi connectivity index (χ2n) is 4.23. The van der Waals surface area contributed by atoms with E-state index in [9.17, 15) is 4.79 Å². The summed E-state index contributed by atoms with van der Waals surface area (Å²) < 4.78 is 15.8. The van der Waals surface area contributed by atoms with Crippen LogP contribution in [0.2, 0.25) is 0 Å². The molecule has 2 rings (SSSR count). The fraction of sp³-hybridized carbons (Fsp3) is 0.267. The number of amides is 1. The molecule has 0 aliphatic rings. The van der Waals surface area contributed by atoms with Crippen LogP contribution in [-0.4, -0.2) is 26.0 Å². The standard InChI is InChI=1S/C15H16ClNO4/c1-19-11-5-6-14(20-2)13(8-11)17(15(18)9-16)10-12-4-3-7-21-12/h3-8H,9-10H2,1-2H3. The Morgan fingerprint density at radius 1 is 1.29 bits per heavy atom. The lowest BCUT2D eigenvalue weighted by Crippen LogP contribution is -2.31. The van der Waals surface area contributed by atoms with E-state index in [2.05, 4.69) is 0 Å². The van der Waals surface area contributed by atoms with E-state index < -0.39 is 0 Å². The minimum atomic E-state index is -0.250. The van der Waals surface area contributed by atoms with Crippen molar-refractivity contribution in [2.24, 2.45) is 0 Å². The third-order valence-corrected chi connectivity index (χ3v) is 3.21. The van der Waals surface area contributed by atoms with Gasteiger partial charge in [0.05, 0.1) is 32.7 Å². The fourth-order valence-corrected chi connectivity index (χ4v) is 2.09. The summed E-state index contributed by atoms with van der Waals surface area (Å²) in [6, 6.07) is 8.79. The molecule has 0 fully saturated rings. The third kappa shape index (κ3) is 3.49. The van der Waals surface area contributed by atoms with Crippen molar-refractivity contribution < 1.29 is 18.7 Å². The van der Waals surface area contributed by atoms with Crippen LogP contribution >= 0.6 is 11.6 Å². The number of carbonyl (C=O) groups excluding carboxylic acids is 1. The molecule has 0 aliphatic heterocycles. The van der Waals surface area contributed by atoms with Gasteiger partial charge in [0.2, 0.25) is 5.91 Å². The van der Waals surface area contributed by atoms with E-state index in [1.54, 1.807) is 50.8 Å². The summed E-state index contributed by atoms with van der Waals surface area (Å²) in [7, 11) is 3.10.